The highest BCUT2D eigenvalue weighted by Gasteiger charge is 2.26. The van der Waals surface area contributed by atoms with Crippen LogP contribution in [0.5, 0.6) is 0 Å². The Bertz CT molecular complexity index is 583. The van der Waals surface area contributed by atoms with Crippen LogP contribution in [0, 0.1) is 0 Å². The number of para-hydroxylation sites is 1. The number of carboxylic acid groups (broad SMARTS) is 1. The van der Waals surface area contributed by atoms with Crippen LogP contribution in [0.4, 0.5) is 0 Å². The minimum atomic E-state index is -1.37. The Morgan fingerprint density at radius 1 is 1.32 bits per heavy atom. The zero-order chi connectivity index (χ0) is 14.0. The topological polar surface area (TPSA) is 99.8 Å². The monoisotopic (exact) mass is 263 g/mol. The molecular weight excluding hydrogens is 250 g/mol. The Hall–Kier alpha value is -2.34. The Labute approximate surface area is 108 Å². The van der Waals surface area contributed by atoms with Crippen LogP contribution in [-0.2, 0) is 4.79 Å². The van der Waals surface area contributed by atoms with Crippen molar-refractivity contribution in [3.05, 3.63) is 36.1 Å². The van der Waals surface area contributed by atoms with Gasteiger partial charge in [-0.2, -0.15) is 0 Å². The third kappa shape index (κ3) is 2.74. The zero-order valence-corrected chi connectivity index (χ0v) is 10.2. The van der Waals surface area contributed by atoms with E-state index in [4.69, 9.17) is 9.52 Å². The van der Waals surface area contributed by atoms with Crippen LogP contribution in [0.2, 0.25) is 0 Å². The Balaban J connectivity index is 2.21. The first-order chi connectivity index (χ1) is 8.99. The van der Waals surface area contributed by atoms with Gasteiger partial charge < -0.3 is 19.9 Å². The second kappa shape index (κ2) is 5.11. The fourth-order valence-electron chi connectivity index (χ4n) is 1.69. The molecule has 0 radical (unpaired) electrons. The third-order valence-corrected chi connectivity index (χ3v) is 2.68. The van der Waals surface area contributed by atoms with E-state index in [2.05, 4.69) is 5.32 Å². The number of hydrogen-bond donors (Lipinski definition) is 3. The summed E-state index contributed by atoms with van der Waals surface area (Å²) in [4.78, 5) is 22.7. The number of carbonyl (C=O) groups excluding carboxylic acids is 1. The molecule has 2 atom stereocenters. The van der Waals surface area contributed by atoms with Crippen molar-refractivity contribution in [2.24, 2.45) is 0 Å². The molecule has 1 aromatic carbocycles. The summed E-state index contributed by atoms with van der Waals surface area (Å²) >= 11 is 0. The van der Waals surface area contributed by atoms with E-state index in [0.29, 0.717) is 5.58 Å². The van der Waals surface area contributed by atoms with Crippen LogP contribution < -0.4 is 5.32 Å². The highest BCUT2D eigenvalue weighted by Crippen LogP contribution is 2.18. The summed E-state index contributed by atoms with van der Waals surface area (Å²) in [6.07, 6.45) is -1.20. The normalized spacial score (nSPS) is 14.0. The fourth-order valence-corrected chi connectivity index (χ4v) is 1.69. The van der Waals surface area contributed by atoms with E-state index in [1.165, 1.54) is 13.0 Å². The molecule has 0 bridgehead atoms. The maximum Gasteiger partial charge on any atom is 0.328 e. The molecule has 1 amide bonds. The molecule has 0 aliphatic carbocycles. The number of carbonyl (C=O) groups is 2. The molecule has 3 N–H and O–H groups in total. The van der Waals surface area contributed by atoms with Gasteiger partial charge in [0.25, 0.3) is 5.91 Å². The molecule has 0 saturated heterocycles. The second-order valence-electron chi connectivity index (χ2n) is 4.18. The van der Waals surface area contributed by atoms with Gasteiger partial charge in [-0.05, 0) is 19.1 Å². The number of aliphatic hydroxyl groups is 1. The number of carboxylic acids is 1. The first-order valence-corrected chi connectivity index (χ1v) is 5.69. The van der Waals surface area contributed by atoms with Gasteiger partial charge in [-0.15, -0.1) is 0 Å². The molecule has 1 aromatic heterocycles. The van der Waals surface area contributed by atoms with Crippen molar-refractivity contribution < 1.29 is 24.2 Å². The van der Waals surface area contributed by atoms with Crippen molar-refractivity contribution in [2.75, 3.05) is 0 Å². The van der Waals surface area contributed by atoms with Crippen molar-refractivity contribution in [2.45, 2.75) is 19.1 Å². The van der Waals surface area contributed by atoms with Crippen molar-refractivity contribution >= 4 is 22.8 Å². The lowest BCUT2D eigenvalue weighted by atomic mass is 10.2. The molecule has 0 unspecified atom stereocenters. The maximum absolute atomic E-state index is 11.9. The summed E-state index contributed by atoms with van der Waals surface area (Å²) in [7, 11) is 0. The molecule has 1 heterocycles. The number of amides is 1. The van der Waals surface area contributed by atoms with Crippen LogP contribution >= 0.6 is 0 Å². The van der Waals surface area contributed by atoms with Gasteiger partial charge in [0.15, 0.2) is 11.8 Å². The highest BCUT2D eigenvalue weighted by molar-refractivity contribution is 5.98. The SMILES string of the molecule is C[C@@H](O)[C@H](NC(=O)c1cc2ccccc2o1)C(=O)O. The van der Waals surface area contributed by atoms with Gasteiger partial charge in [0, 0.05) is 5.39 Å². The number of benzene rings is 1. The van der Waals surface area contributed by atoms with Gasteiger partial charge in [0.05, 0.1) is 6.10 Å². The molecule has 0 spiro atoms. The van der Waals surface area contributed by atoms with Crippen LogP contribution in [0.15, 0.2) is 34.7 Å². The van der Waals surface area contributed by atoms with E-state index in [1.54, 1.807) is 24.3 Å². The minimum absolute atomic E-state index is 0.00750. The Morgan fingerprint density at radius 3 is 2.58 bits per heavy atom. The lowest BCUT2D eigenvalue weighted by Crippen LogP contribution is -2.47. The van der Waals surface area contributed by atoms with Crippen molar-refractivity contribution in [3.8, 4) is 0 Å². The number of rotatable bonds is 4. The summed E-state index contributed by atoms with van der Waals surface area (Å²) in [5.74, 6) is -1.97. The zero-order valence-electron chi connectivity index (χ0n) is 10.2. The summed E-state index contributed by atoms with van der Waals surface area (Å²) in [6.45, 7) is 1.29. The van der Waals surface area contributed by atoms with Gasteiger partial charge in [-0.1, -0.05) is 18.2 Å². The van der Waals surface area contributed by atoms with Gasteiger partial charge >= 0.3 is 5.97 Å². The van der Waals surface area contributed by atoms with Crippen LogP contribution in [-0.4, -0.2) is 34.2 Å². The van der Waals surface area contributed by atoms with Crippen LogP contribution in [0.1, 0.15) is 17.5 Å². The maximum atomic E-state index is 11.9. The molecule has 2 aromatic rings. The molecule has 6 nitrogen and oxygen atoms in total. The molecule has 2 rings (SSSR count). The van der Waals surface area contributed by atoms with E-state index in [0.717, 1.165) is 5.39 Å². The molecule has 0 aliphatic heterocycles. The Morgan fingerprint density at radius 2 is 2.00 bits per heavy atom. The average molecular weight is 263 g/mol. The van der Waals surface area contributed by atoms with Gasteiger partial charge in [0.2, 0.25) is 0 Å². The lowest BCUT2D eigenvalue weighted by molar-refractivity contribution is -0.141. The number of hydrogen-bond acceptors (Lipinski definition) is 4. The summed E-state index contributed by atoms with van der Waals surface area (Å²) in [5, 5.41) is 21.1. The predicted octanol–water partition coefficient (Wildman–Crippen LogP) is 0.997. The molecule has 0 fully saturated rings. The van der Waals surface area contributed by atoms with Gasteiger partial charge in [-0.25, -0.2) is 4.79 Å². The third-order valence-electron chi connectivity index (χ3n) is 2.68. The number of nitrogens with one attached hydrogen (secondary N) is 1. The number of aliphatic carboxylic acids is 1. The lowest BCUT2D eigenvalue weighted by Gasteiger charge is -2.15. The summed E-state index contributed by atoms with van der Waals surface area (Å²) in [6, 6.07) is 7.19. The van der Waals surface area contributed by atoms with Crippen LogP contribution in [0.3, 0.4) is 0 Å². The number of furan rings is 1. The van der Waals surface area contributed by atoms with E-state index >= 15 is 0 Å². The average Bonchev–Trinajstić information content (AvgIpc) is 2.78. The molecular formula is C13H13NO5. The first-order valence-electron chi connectivity index (χ1n) is 5.69. The Kier molecular flexibility index (Phi) is 3.52. The standard InChI is InChI=1S/C13H13NO5/c1-7(15)11(13(17)18)14-12(16)10-6-8-4-2-3-5-9(8)19-10/h2-7,11,15H,1H3,(H,14,16)(H,17,18)/t7-,11+/m1/s1. The fraction of sp³-hybridized carbons (Fsp3) is 0.231. The van der Waals surface area contributed by atoms with Gasteiger partial charge in [0.1, 0.15) is 5.58 Å². The van der Waals surface area contributed by atoms with Crippen molar-refractivity contribution in [1.29, 1.82) is 0 Å². The second-order valence-corrected chi connectivity index (χ2v) is 4.18. The molecule has 0 saturated carbocycles. The first kappa shape index (κ1) is 13.1. The highest BCUT2D eigenvalue weighted by atomic mass is 16.4. The van der Waals surface area contributed by atoms with Gasteiger partial charge in [-0.3, -0.25) is 4.79 Å². The van der Waals surface area contributed by atoms with E-state index in [9.17, 15) is 14.7 Å². The van der Waals surface area contributed by atoms with Crippen molar-refractivity contribution in [1.82, 2.24) is 5.32 Å². The van der Waals surface area contributed by atoms with E-state index in [-0.39, 0.29) is 5.76 Å². The minimum Gasteiger partial charge on any atom is -0.480 e. The summed E-state index contributed by atoms with van der Waals surface area (Å²) in [5.41, 5.74) is 0.538. The molecule has 0 aliphatic rings. The van der Waals surface area contributed by atoms with Crippen LogP contribution in [0.25, 0.3) is 11.0 Å². The van der Waals surface area contributed by atoms with Crippen molar-refractivity contribution in [3.63, 3.8) is 0 Å². The quantitative estimate of drug-likeness (QED) is 0.764. The molecule has 6 heteroatoms. The number of aliphatic hydroxyl groups excluding tert-OH is 1. The summed E-state index contributed by atoms with van der Waals surface area (Å²) < 4.78 is 5.30. The van der Waals surface area contributed by atoms with E-state index < -0.39 is 24.0 Å². The largest absolute Gasteiger partial charge is 0.480 e. The van der Waals surface area contributed by atoms with E-state index in [1.807, 2.05) is 0 Å². The number of fused-ring (bicyclic) bond motifs is 1. The smallest absolute Gasteiger partial charge is 0.328 e. The predicted molar refractivity (Wildman–Crippen MR) is 66.8 cm³/mol. The molecule has 19 heavy (non-hydrogen) atoms. The molecule has 100 valence electrons.